The molecule has 2 aliphatic rings. The fourth-order valence-corrected chi connectivity index (χ4v) is 8.34. The zero-order valence-electron chi connectivity index (χ0n) is 11.7. The molecule has 2 rings (SSSR count). The van der Waals surface area contributed by atoms with Gasteiger partial charge in [-0.25, -0.2) is 0 Å². The number of carbonyl (C=O) groups is 1. The molecule has 2 aliphatic heterocycles. The normalized spacial score (nSPS) is 19.0. The minimum atomic E-state index is -3.87. The molecule has 4 N–H and O–H groups in total. The summed E-state index contributed by atoms with van der Waals surface area (Å²) in [5.74, 6) is -0.774. The van der Waals surface area contributed by atoms with Crippen LogP contribution in [0, 0.1) is 11.5 Å². The van der Waals surface area contributed by atoms with Crippen LogP contribution in [0.15, 0.2) is 23.3 Å². The molecule has 0 saturated carbocycles. The molecule has 0 bridgehead atoms. The summed E-state index contributed by atoms with van der Waals surface area (Å²) in [6.07, 6.45) is 3.16. The van der Waals surface area contributed by atoms with E-state index in [-0.39, 0.29) is 10.5 Å². The Kier molecular flexibility index (Phi) is 5.41. The Morgan fingerprint density at radius 2 is 2.14 bits per heavy atom. The standard InChI is InChI=1S/C11H16N6O3S.In/c1-9(11(13)18)6-10(7-15-8-12)21(19,20)16-17-4-2-14-3-5-17;/h7,12,14,16H,1-5H2,(H2,13,18);/q;+1/p-1. The number of carbonyl (C=O) groups excluding carboxylic acids is 1. The van der Waals surface area contributed by atoms with Crippen molar-refractivity contribution >= 4 is 41.9 Å². The Hall–Kier alpha value is -1.19. The number of nitrogens with two attached hydrogens (primary N) is 1. The molecule has 0 aliphatic carbocycles. The molecule has 0 aromatic carbocycles. The Bertz CT molecular complexity index is 702. The number of hydrogen-bond donors (Lipinski definition) is 3. The van der Waals surface area contributed by atoms with Crippen LogP contribution in [0.1, 0.15) is 0 Å². The van der Waals surface area contributed by atoms with Gasteiger partial charge in [0.15, 0.2) is 0 Å². The number of allylic oxidation sites excluding steroid dienone is 1. The van der Waals surface area contributed by atoms with Gasteiger partial charge >= 0.3 is 140 Å². The second-order valence-electron chi connectivity index (χ2n) is 4.72. The first-order valence-electron chi connectivity index (χ1n) is 6.44. The molecule has 9 nitrogen and oxygen atoms in total. The molecular formula is C11H15InN6O3S. The second kappa shape index (κ2) is 6.93. The van der Waals surface area contributed by atoms with Crippen LogP contribution in [0.3, 0.4) is 0 Å². The van der Waals surface area contributed by atoms with Gasteiger partial charge < -0.3 is 0 Å². The summed E-state index contributed by atoms with van der Waals surface area (Å²) in [6.45, 7) is 5.97. The van der Waals surface area contributed by atoms with Crippen molar-refractivity contribution in [2.75, 3.05) is 26.2 Å². The SMILES string of the molecule is C=C(C(N)=O)[C]1=[In][N](C#N)C=C1S(=O)(=O)NN1CCNCC1. The molecule has 116 valence electrons. The van der Waals surface area contributed by atoms with Crippen molar-refractivity contribution in [3.8, 4) is 6.19 Å². The predicted molar refractivity (Wildman–Crippen MR) is 81.1 cm³/mol. The fraction of sp³-hybridized carbons (Fsp3) is 0.364. The molecule has 0 aromatic heterocycles. The number of hydrogen-bond acceptors (Lipinski definition) is 7. The van der Waals surface area contributed by atoms with Crippen molar-refractivity contribution in [2.24, 2.45) is 5.73 Å². The van der Waals surface area contributed by atoms with E-state index in [4.69, 9.17) is 11.0 Å². The third kappa shape index (κ3) is 3.76. The van der Waals surface area contributed by atoms with Crippen LogP contribution >= 0.6 is 0 Å². The second-order valence-corrected chi connectivity index (χ2v) is 10.3. The first kappa shape index (κ1) is 17.2. The van der Waals surface area contributed by atoms with Crippen LogP contribution in [0.5, 0.6) is 0 Å². The van der Waals surface area contributed by atoms with E-state index in [9.17, 15) is 13.2 Å². The van der Waals surface area contributed by atoms with Crippen LogP contribution in [-0.2, 0) is 14.8 Å². The van der Waals surface area contributed by atoms with E-state index in [0.717, 1.165) is 0 Å². The molecule has 0 aromatic rings. The van der Waals surface area contributed by atoms with E-state index < -0.39 is 38.6 Å². The van der Waals surface area contributed by atoms with Gasteiger partial charge in [-0.1, -0.05) is 0 Å². The zero-order chi connectivity index (χ0) is 16.3. The Morgan fingerprint density at radius 1 is 1.50 bits per heavy atom. The maximum absolute atomic E-state index is 12.5. The molecule has 11 heteroatoms. The number of rotatable bonds is 5. The molecule has 1 amide bonds. The summed E-state index contributed by atoms with van der Waals surface area (Å²) in [6, 6.07) is 0. The number of piperazine rings is 1. The van der Waals surface area contributed by atoms with E-state index in [1.54, 1.807) is 5.01 Å². The average molecular weight is 426 g/mol. The van der Waals surface area contributed by atoms with Crippen molar-refractivity contribution in [1.29, 1.82) is 5.26 Å². The Morgan fingerprint density at radius 3 is 2.68 bits per heavy atom. The number of nitriles is 1. The van der Waals surface area contributed by atoms with Gasteiger partial charge in [0.25, 0.3) is 0 Å². The first-order chi connectivity index (χ1) is 10.3. The number of sulfonamides is 1. The average Bonchev–Trinajstić information content (AvgIpc) is 2.92. The van der Waals surface area contributed by atoms with Gasteiger partial charge in [0.05, 0.1) is 0 Å². The van der Waals surface area contributed by atoms with Crippen molar-refractivity contribution in [2.45, 2.75) is 0 Å². The molecule has 2 heterocycles. The summed E-state index contributed by atoms with van der Waals surface area (Å²) < 4.78 is 26.7. The van der Waals surface area contributed by atoms with Crippen LogP contribution in [-0.4, -0.2) is 74.4 Å². The zero-order valence-corrected chi connectivity index (χ0v) is 15.9. The third-order valence-corrected chi connectivity index (χ3v) is 9.35. The fourth-order valence-electron chi connectivity index (χ4n) is 2.04. The molecular weight excluding hydrogens is 411 g/mol. The van der Waals surface area contributed by atoms with Crippen molar-refractivity contribution in [3.05, 3.63) is 23.3 Å². The summed E-state index contributed by atoms with van der Waals surface area (Å²) in [5.41, 5.74) is 5.17. The van der Waals surface area contributed by atoms with E-state index in [1.165, 1.54) is 9.09 Å². The van der Waals surface area contributed by atoms with Gasteiger partial charge in [0.1, 0.15) is 0 Å². The number of nitrogens with zero attached hydrogens (tertiary/aromatic N) is 3. The minimum absolute atomic E-state index is 0.0316. The number of amides is 1. The summed E-state index contributed by atoms with van der Waals surface area (Å²) in [7, 11) is -3.87. The first-order valence-corrected chi connectivity index (χ1v) is 11.0. The van der Waals surface area contributed by atoms with Gasteiger partial charge in [-0.3, -0.25) is 0 Å². The van der Waals surface area contributed by atoms with Crippen molar-refractivity contribution < 1.29 is 13.2 Å². The topological polar surface area (TPSA) is 132 Å². The Labute approximate surface area is 139 Å². The number of hydrazine groups is 1. The summed E-state index contributed by atoms with van der Waals surface area (Å²) in [4.78, 5) is 13.7. The van der Waals surface area contributed by atoms with Gasteiger partial charge in [0.2, 0.25) is 0 Å². The predicted octanol–water partition coefficient (Wildman–Crippen LogP) is -2.80. The number of primary amides is 1. The van der Waals surface area contributed by atoms with Crippen LogP contribution < -0.4 is 15.9 Å². The van der Waals surface area contributed by atoms with Gasteiger partial charge in [-0.2, -0.15) is 0 Å². The summed E-state index contributed by atoms with van der Waals surface area (Å²) >= 11 is -1.95. The van der Waals surface area contributed by atoms with Gasteiger partial charge in [0, 0.05) is 0 Å². The monoisotopic (exact) mass is 426 g/mol. The molecule has 0 atom stereocenters. The van der Waals surface area contributed by atoms with Crippen LogP contribution in [0.4, 0.5) is 0 Å². The molecule has 0 spiro atoms. The van der Waals surface area contributed by atoms with E-state index in [2.05, 4.69) is 16.7 Å². The van der Waals surface area contributed by atoms with Gasteiger partial charge in [-0.15, -0.1) is 0 Å². The Balaban J connectivity index is 2.27. The van der Waals surface area contributed by atoms with Crippen molar-refractivity contribution in [1.82, 2.24) is 18.0 Å². The van der Waals surface area contributed by atoms with Crippen molar-refractivity contribution in [3.63, 3.8) is 0 Å². The molecule has 0 unspecified atom stereocenters. The molecule has 0 radical (unpaired) electrons. The summed E-state index contributed by atoms with van der Waals surface area (Å²) in [5, 5.41) is 13.7. The van der Waals surface area contributed by atoms with Crippen LogP contribution in [0.2, 0.25) is 0 Å². The molecule has 22 heavy (non-hydrogen) atoms. The molecule has 1 saturated heterocycles. The molecule has 1 fully saturated rings. The van der Waals surface area contributed by atoms with Gasteiger partial charge in [-0.05, 0) is 0 Å². The quantitative estimate of drug-likeness (QED) is 0.320. The number of nitrogens with one attached hydrogen (secondary N) is 2. The maximum atomic E-state index is 12.5. The van der Waals surface area contributed by atoms with Crippen LogP contribution in [0.25, 0.3) is 0 Å². The van der Waals surface area contributed by atoms with E-state index in [0.29, 0.717) is 29.4 Å². The van der Waals surface area contributed by atoms with E-state index >= 15 is 0 Å². The van der Waals surface area contributed by atoms with E-state index in [1.807, 2.05) is 6.19 Å². The third-order valence-electron chi connectivity index (χ3n) is 3.18.